The van der Waals surface area contributed by atoms with Crippen LogP contribution in [0.25, 0.3) is 0 Å². The molecule has 0 bridgehead atoms. The number of hydrogen-bond donors (Lipinski definition) is 0. The molecule has 1 unspecified atom stereocenters. The van der Waals surface area contributed by atoms with Crippen LogP contribution in [0.1, 0.15) is 37.5 Å². The normalized spacial score (nSPS) is 12.3. The van der Waals surface area contributed by atoms with Crippen LogP contribution in [0, 0.1) is 25.7 Å². The van der Waals surface area contributed by atoms with E-state index in [1.807, 2.05) is 39.8 Å². The number of esters is 1. The van der Waals surface area contributed by atoms with Gasteiger partial charge in [0, 0.05) is 6.42 Å². The molecule has 1 aromatic rings. The lowest BCUT2D eigenvalue weighted by Gasteiger charge is -2.18. The fourth-order valence-electron chi connectivity index (χ4n) is 2.49. The summed E-state index contributed by atoms with van der Waals surface area (Å²) in [6.07, 6.45) is 0.282. The summed E-state index contributed by atoms with van der Waals surface area (Å²) in [7, 11) is 0. The smallest absolute Gasteiger partial charge is 0.316 e. The molecule has 1 rings (SSSR count). The summed E-state index contributed by atoms with van der Waals surface area (Å²) in [4.78, 5) is 24.3. The van der Waals surface area contributed by atoms with E-state index in [2.05, 4.69) is 6.07 Å². The Labute approximate surface area is 121 Å². The number of carbonyl (C=O) groups is 2. The van der Waals surface area contributed by atoms with E-state index in [1.165, 1.54) is 0 Å². The Morgan fingerprint density at radius 2 is 1.65 bits per heavy atom. The summed E-state index contributed by atoms with van der Waals surface area (Å²) in [6.45, 7) is 9.82. The highest BCUT2D eigenvalue weighted by atomic mass is 16.5. The molecule has 0 aliphatic rings. The summed E-state index contributed by atoms with van der Waals surface area (Å²) >= 11 is 0. The first-order valence-corrected chi connectivity index (χ1v) is 7.11. The highest BCUT2D eigenvalue weighted by molar-refractivity contribution is 6.00. The van der Waals surface area contributed by atoms with Crippen LogP contribution in [0.5, 0.6) is 0 Å². The zero-order valence-corrected chi connectivity index (χ0v) is 13.0. The summed E-state index contributed by atoms with van der Waals surface area (Å²) < 4.78 is 5.01. The van der Waals surface area contributed by atoms with Crippen LogP contribution < -0.4 is 0 Å². The molecule has 0 aromatic heterocycles. The van der Waals surface area contributed by atoms with Crippen molar-refractivity contribution in [3.63, 3.8) is 0 Å². The van der Waals surface area contributed by atoms with Gasteiger partial charge in [-0.05, 0) is 32.3 Å². The first-order valence-electron chi connectivity index (χ1n) is 7.11. The van der Waals surface area contributed by atoms with Crippen LogP contribution in [-0.2, 0) is 20.7 Å². The molecule has 3 nitrogen and oxygen atoms in total. The second-order valence-corrected chi connectivity index (χ2v) is 5.61. The Kier molecular flexibility index (Phi) is 5.93. The predicted octanol–water partition coefficient (Wildman–Crippen LogP) is 3.25. The lowest BCUT2D eigenvalue weighted by molar-refractivity contribution is -0.153. The van der Waals surface area contributed by atoms with Gasteiger partial charge in [0.05, 0.1) is 6.61 Å². The van der Waals surface area contributed by atoms with Gasteiger partial charge in [-0.25, -0.2) is 0 Å². The number of Topliss-reactive ketones (excluding diaryl/α,β-unsaturated/α-hetero) is 1. The molecule has 0 fully saturated rings. The maximum absolute atomic E-state index is 12.4. The standard InChI is InChI=1S/C17H24O3/c1-6-20-17(19)16(11(2)3)15(18)10-14-8-12(4)7-13(5)9-14/h7-9,11,16H,6,10H2,1-5H3. The third-order valence-corrected chi connectivity index (χ3v) is 3.21. The van der Waals surface area contributed by atoms with Gasteiger partial charge in [-0.2, -0.15) is 0 Å². The van der Waals surface area contributed by atoms with Gasteiger partial charge in [-0.1, -0.05) is 43.2 Å². The molecule has 0 N–H and O–H groups in total. The van der Waals surface area contributed by atoms with E-state index in [-0.39, 0.29) is 18.1 Å². The Bertz CT molecular complexity index is 469. The number of benzene rings is 1. The fourth-order valence-corrected chi connectivity index (χ4v) is 2.49. The van der Waals surface area contributed by atoms with Crippen LogP contribution in [0.15, 0.2) is 18.2 Å². The Morgan fingerprint density at radius 1 is 1.10 bits per heavy atom. The van der Waals surface area contributed by atoms with Crippen LogP contribution >= 0.6 is 0 Å². The Morgan fingerprint density at radius 3 is 2.10 bits per heavy atom. The molecule has 0 aliphatic heterocycles. The third kappa shape index (κ3) is 4.48. The highest BCUT2D eigenvalue weighted by Crippen LogP contribution is 2.18. The topological polar surface area (TPSA) is 43.4 Å². The molecule has 0 heterocycles. The van der Waals surface area contributed by atoms with Crippen molar-refractivity contribution in [2.75, 3.05) is 6.61 Å². The van der Waals surface area contributed by atoms with E-state index in [0.29, 0.717) is 6.61 Å². The van der Waals surface area contributed by atoms with E-state index in [1.54, 1.807) is 6.92 Å². The zero-order valence-electron chi connectivity index (χ0n) is 13.0. The predicted molar refractivity (Wildman–Crippen MR) is 79.6 cm³/mol. The quantitative estimate of drug-likeness (QED) is 0.591. The van der Waals surface area contributed by atoms with Crippen LogP contribution in [0.4, 0.5) is 0 Å². The summed E-state index contributed by atoms with van der Waals surface area (Å²) in [5, 5.41) is 0. The van der Waals surface area contributed by atoms with E-state index in [0.717, 1.165) is 16.7 Å². The van der Waals surface area contributed by atoms with Crippen molar-refractivity contribution in [2.45, 2.75) is 41.0 Å². The number of carbonyl (C=O) groups excluding carboxylic acids is 2. The second kappa shape index (κ2) is 7.22. The molecule has 3 heteroatoms. The summed E-state index contributed by atoms with van der Waals surface area (Å²) in [5.41, 5.74) is 3.22. The van der Waals surface area contributed by atoms with Crippen LogP contribution in [0.3, 0.4) is 0 Å². The van der Waals surface area contributed by atoms with Gasteiger partial charge in [-0.3, -0.25) is 9.59 Å². The minimum absolute atomic E-state index is 0.0487. The number of rotatable bonds is 6. The average molecular weight is 276 g/mol. The van der Waals surface area contributed by atoms with Gasteiger partial charge >= 0.3 is 5.97 Å². The van der Waals surface area contributed by atoms with Crippen molar-refractivity contribution in [1.82, 2.24) is 0 Å². The average Bonchev–Trinajstić information content (AvgIpc) is 2.26. The van der Waals surface area contributed by atoms with Gasteiger partial charge in [0.2, 0.25) is 0 Å². The Hall–Kier alpha value is -1.64. The molecule has 0 saturated heterocycles. The van der Waals surface area contributed by atoms with Crippen LogP contribution in [-0.4, -0.2) is 18.4 Å². The van der Waals surface area contributed by atoms with Crippen molar-refractivity contribution >= 4 is 11.8 Å². The maximum Gasteiger partial charge on any atom is 0.316 e. The number of ketones is 1. The molecule has 1 atom stereocenters. The molecule has 1 aromatic carbocycles. The highest BCUT2D eigenvalue weighted by Gasteiger charge is 2.30. The minimum atomic E-state index is -0.671. The Balaban J connectivity index is 2.88. The third-order valence-electron chi connectivity index (χ3n) is 3.21. The van der Waals surface area contributed by atoms with Gasteiger partial charge in [-0.15, -0.1) is 0 Å². The van der Waals surface area contributed by atoms with Gasteiger partial charge in [0.25, 0.3) is 0 Å². The van der Waals surface area contributed by atoms with Gasteiger partial charge < -0.3 is 4.74 Å². The summed E-state index contributed by atoms with van der Waals surface area (Å²) in [6, 6.07) is 6.06. The van der Waals surface area contributed by atoms with Crippen molar-refractivity contribution in [3.8, 4) is 0 Å². The molecular weight excluding hydrogens is 252 g/mol. The molecule has 110 valence electrons. The van der Waals surface area contributed by atoms with Crippen molar-refractivity contribution in [1.29, 1.82) is 0 Å². The molecule has 0 aliphatic carbocycles. The van der Waals surface area contributed by atoms with Crippen molar-refractivity contribution < 1.29 is 14.3 Å². The van der Waals surface area contributed by atoms with Crippen molar-refractivity contribution in [2.24, 2.45) is 11.8 Å². The van der Waals surface area contributed by atoms with Gasteiger partial charge in [0.1, 0.15) is 5.92 Å². The lowest BCUT2D eigenvalue weighted by atomic mass is 9.88. The minimum Gasteiger partial charge on any atom is -0.465 e. The van der Waals surface area contributed by atoms with Crippen molar-refractivity contribution in [3.05, 3.63) is 34.9 Å². The van der Waals surface area contributed by atoms with Gasteiger partial charge in [0.15, 0.2) is 5.78 Å². The lowest BCUT2D eigenvalue weighted by Crippen LogP contribution is -2.31. The first kappa shape index (κ1) is 16.4. The second-order valence-electron chi connectivity index (χ2n) is 5.61. The maximum atomic E-state index is 12.4. The van der Waals surface area contributed by atoms with E-state index < -0.39 is 11.9 Å². The molecule has 20 heavy (non-hydrogen) atoms. The molecular formula is C17H24O3. The number of ether oxygens (including phenoxy) is 1. The van der Waals surface area contributed by atoms with E-state index in [4.69, 9.17) is 4.74 Å². The molecule has 0 amide bonds. The number of aryl methyl sites for hydroxylation is 2. The molecule has 0 saturated carbocycles. The first-order chi connectivity index (χ1) is 9.35. The monoisotopic (exact) mass is 276 g/mol. The van der Waals surface area contributed by atoms with E-state index >= 15 is 0 Å². The number of hydrogen-bond acceptors (Lipinski definition) is 3. The van der Waals surface area contributed by atoms with Crippen LogP contribution in [0.2, 0.25) is 0 Å². The zero-order chi connectivity index (χ0) is 15.3. The van der Waals surface area contributed by atoms with E-state index in [9.17, 15) is 9.59 Å². The molecule has 0 spiro atoms. The summed E-state index contributed by atoms with van der Waals surface area (Å²) in [5.74, 6) is -1.19. The molecule has 0 radical (unpaired) electrons. The SMILES string of the molecule is CCOC(=O)C(C(=O)Cc1cc(C)cc(C)c1)C(C)C. The largest absolute Gasteiger partial charge is 0.465 e. The fraction of sp³-hybridized carbons (Fsp3) is 0.529.